The number of aryl methyl sites for hydroxylation is 1. The van der Waals surface area contributed by atoms with E-state index in [9.17, 15) is 0 Å². The molecule has 0 aromatic carbocycles. The van der Waals surface area contributed by atoms with Gasteiger partial charge in [-0.15, -0.1) is 10.2 Å². The molecule has 2 rings (SSSR count). The normalized spacial score (nSPS) is 22.8. The lowest BCUT2D eigenvalue weighted by molar-refractivity contribution is 0.476. The predicted molar refractivity (Wildman–Crippen MR) is 55.4 cm³/mol. The fourth-order valence-corrected chi connectivity index (χ4v) is 1.79. The lowest BCUT2D eigenvalue weighted by Gasteiger charge is -2.32. The Kier molecular flexibility index (Phi) is 2.41. The summed E-state index contributed by atoms with van der Waals surface area (Å²) >= 11 is 0. The van der Waals surface area contributed by atoms with Gasteiger partial charge in [0.15, 0.2) is 0 Å². The minimum absolute atomic E-state index is 0.528. The van der Waals surface area contributed by atoms with Gasteiger partial charge in [0.1, 0.15) is 5.82 Å². The lowest BCUT2D eigenvalue weighted by Crippen LogP contribution is -2.50. The van der Waals surface area contributed by atoms with E-state index in [4.69, 9.17) is 0 Å². The highest BCUT2D eigenvalue weighted by Crippen LogP contribution is 2.12. The molecule has 1 unspecified atom stereocenters. The first-order valence-corrected chi connectivity index (χ1v) is 5.03. The molecule has 1 N–H and O–H groups in total. The summed E-state index contributed by atoms with van der Waals surface area (Å²) in [7, 11) is 2.01. The summed E-state index contributed by atoms with van der Waals surface area (Å²) in [5.74, 6) is 1.95. The zero-order valence-electron chi connectivity index (χ0n) is 8.99. The van der Waals surface area contributed by atoms with Crippen molar-refractivity contribution >= 4 is 5.95 Å². The molecule has 0 aliphatic carbocycles. The second kappa shape index (κ2) is 3.57. The molecular formula is C9H17N5. The van der Waals surface area contributed by atoms with Gasteiger partial charge in [-0.25, -0.2) is 0 Å². The van der Waals surface area contributed by atoms with Gasteiger partial charge >= 0.3 is 0 Å². The van der Waals surface area contributed by atoms with E-state index in [-0.39, 0.29) is 0 Å². The average Bonchev–Trinajstić information content (AvgIpc) is 2.48. The topological polar surface area (TPSA) is 46.0 Å². The number of nitrogens with one attached hydrogen (secondary N) is 1. The maximum absolute atomic E-state index is 4.18. The fourth-order valence-electron chi connectivity index (χ4n) is 1.79. The Bertz CT molecular complexity index is 319. The summed E-state index contributed by atoms with van der Waals surface area (Å²) in [6.45, 7) is 7.20. The van der Waals surface area contributed by atoms with E-state index in [0.29, 0.717) is 6.04 Å². The summed E-state index contributed by atoms with van der Waals surface area (Å²) in [5.41, 5.74) is 0. The van der Waals surface area contributed by atoms with Crippen molar-refractivity contribution in [1.29, 1.82) is 0 Å². The van der Waals surface area contributed by atoms with E-state index < -0.39 is 0 Å². The molecule has 78 valence electrons. The van der Waals surface area contributed by atoms with Gasteiger partial charge in [0, 0.05) is 32.7 Å². The third-order valence-corrected chi connectivity index (χ3v) is 2.72. The van der Waals surface area contributed by atoms with Crippen LogP contribution in [-0.2, 0) is 7.05 Å². The predicted octanol–water partition coefficient (Wildman–Crippen LogP) is -0.0784. The zero-order chi connectivity index (χ0) is 10.1. The van der Waals surface area contributed by atoms with Crippen LogP contribution in [0.3, 0.4) is 0 Å². The van der Waals surface area contributed by atoms with Crippen LogP contribution in [0.15, 0.2) is 0 Å². The largest absolute Gasteiger partial charge is 0.338 e. The monoisotopic (exact) mass is 195 g/mol. The Morgan fingerprint density at radius 3 is 2.79 bits per heavy atom. The first kappa shape index (κ1) is 9.45. The average molecular weight is 195 g/mol. The van der Waals surface area contributed by atoms with Gasteiger partial charge in [-0.2, -0.15) is 0 Å². The lowest BCUT2D eigenvalue weighted by atomic mass is 10.2. The number of nitrogens with zero attached hydrogens (tertiary/aromatic N) is 4. The molecule has 1 saturated heterocycles. The van der Waals surface area contributed by atoms with Crippen molar-refractivity contribution in [3.8, 4) is 0 Å². The molecule has 5 nitrogen and oxygen atoms in total. The maximum atomic E-state index is 4.18. The molecule has 2 heterocycles. The fraction of sp³-hybridized carbons (Fsp3) is 0.778. The third-order valence-electron chi connectivity index (χ3n) is 2.72. The van der Waals surface area contributed by atoms with Gasteiger partial charge in [-0.1, -0.05) is 0 Å². The molecule has 0 radical (unpaired) electrons. The van der Waals surface area contributed by atoms with Crippen molar-refractivity contribution in [2.75, 3.05) is 24.5 Å². The van der Waals surface area contributed by atoms with E-state index in [0.717, 1.165) is 31.4 Å². The second-order valence-corrected chi connectivity index (χ2v) is 3.91. The Balaban J connectivity index is 2.18. The summed E-state index contributed by atoms with van der Waals surface area (Å²) in [5, 5.41) is 11.7. The van der Waals surface area contributed by atoms with Crippen molar-refractivity contribution < 1.29 is 0 Å². The van der Waals surface area contributed by atoms with Crippen LogP contribution in [0.4, 0.5) is 5.95 Å². The van der Waals surface area contributed by atoms with Crippen LogP contribution in [0.25, 0.3) is 0 Å². The zero-order valence-corrected chi connectivity index (χ0v) is 8.99. The molecule has 0 spiro atoms. The minimum atomic E-state index is 0.528. The maximum Gasteiger partial charge on any atom is 0.227 e. The third kappa shape index (κ3) is 1.59. The van der Waals surface area contributed by atoms with E-state index in [1.807, 2.05) is 18.5 Å². The van der Waals surface area contributed by atoms with Gasteiger partial charge in [-0.3, -0.25) is 0 Å². The van der Waals surface area contributed by atoms with Crippen LogP contribution in [0.1, 0.15) is 12.7 Å². The summed E-state index contributed by atoms with van der Waals surface area (Å²) in [4.78, 5) is 2.28. The first-order chi connectivity index (χ1) is 6.68. The second-order valence-electron chi connectivity index (χ2n) is 3.91. The Labute approximate surface area is 84.1 Å². The summed E-state index contributed by atoms with van der Waals surface area (Å²) in [6.07, 6.45) is 0. The highest BCUT2D eigenvalue weighted by Gasteiger charge is 2.19. The summed E-state index contributed by atoms with van der Waals surface area (Å²) in [6, 6.07) is 0.528. The Hall–Kier alpha value is -1.10. The quantitative estimate of drug-likeness (QED) is 0.681. The van der Waals surface area contributed by atoms with Gasteiger partial charge in [-0.05, 0) is 13.8 Å². The smallest absolute Gasteiger partial charge is 0.227 e. The molecule has 0 amide bonds. The van der Waals surface area contributed by atoms with E-state index in [2.05, 4.69) is 27.3 Å². The number of aromatic nitrogens is 3. The first-order valence-electron chi connectivity index (χ1n) is 5.03. The molecule has 1 fully saturated rings. The van der Waals surface area contributed by atoms with Crippen molar-refractivity contribution in [3.63, 3.8) is 0 Å². The number of hydrogen-bond acceptors (Lipinski definition) is 4. The van der Waals surface area contributed by atoms with Crippen molar-refractivity contribution in [2.24, 2.45) is 7.05 Å². The summed E-state index contributed by atoms with van der Waals surface area (Å²) < 4.78 is 2.04. The molecule has 1 aromatic heterocycles. The van der Waals surface area contributed by atoms with Crippen LogP contribution in [0.2, 0.25) is 0 Å². The molecule has 0 bridgehead atoms. The highest BCUT2D eigenvalue weighted by atomic mass is 15.4. The number of hydrogen-bond donors (Lipinski definition) is 1. The van der Waals surface area contributed by atoms with Crippen LogP contribution in [0.5, 0.6) is 0 Å². The SMILES string of the molecule is Cc1nnc(N2CCNC(C)C2)n1C. The number of anilines is 1. The van der Waals surface area contributed by atoms with E-state index in [1.165, 1.54) is 0 Å². The molecule has 1 atom stereocenters. The molecular weight excluding hydrogens is 178 g/mol. The van der Waals surface area contributed by atoms with Gasteiger partial charge in [0.2, 0.25) is 5.95 Å². The van der Waals surface area contributed by atoms with Crippen LogP contribution >= 0.6 is 0 Å². The molecule has 5 heteroatoms. The minimum Gasteiger partial charge on any atom is -0.338 e. The van der Waals surface area contributed by atoms with Gasteiger partial charge in [0.05, 0.1) is 0 Å². The molecule has 14 heavy (non-hydrogen) atoms. The van der Waals surface area contributed by atoms with Gasteiger partial charge in [0.25, 0.3) is 0 Å². The van der Waals surface area contributed by atoms with Crippen molar-refractivity contribution in [2.45, 2.75) is 19.9 Å². The van der Waals surface area contributed by atoms with Crippen LogP contribution in [0, 0.1) is 6.92 Å². The van der Waals surface area contributed by atoms with Crippen LogP contribution in [-0.4, -0.2) is 40.4 Å². The Morgan fingerprint density at radius 2 is 2.21 bits per heavy atom. The standard InChI is InChI=1S/C9H17N5/c1-7-6-14(5-4-10-7)9-12-11-8(2)13(9)3/h7,10H,4-6H2,1-3H3. The number of rotatable bonds is 1. The van der Waals surface area contributed by atoms with Gasteiger partial charge < -0.3 is 14.8 Å². The molecule has 1 aliphatic rings. The van der Waals surface area contributed by atoms with E-state index >= 15 is 0 Å². The van der Waals surface area contributed by atoms with Crippen molar-refractivity contribution in [3.05, 3.63) is 5.82 Å². The van der Waals surface area contributed by atoms with Crippen LogP contribution < -0.4 is 10.2 Å². The molecule has 0 saturated carbocycles. The molecule has 1 aliphatic heterocycles. The van der Waals surface area contributed by atoms with Crippen molar-refractivity contribution in [1.82, 2.24) is 20.1 Å². The molecule has 1 aromatic rings. The highest BCUT2D eigenvalue weighted by molar-refractivity contribution is 5.31. The Morgan fingerprint density at radius 1 is 1.43 bits per heavy atom. The number of piperazine rings is 1. The van der Waals surface area contributed by atoms with E-state index in [1.54, 1.807) is 0 Å².